The van der Waals surface area contributed by atoms with Gasteiger partial charge in [-0.3, -0.25) is 9.59 Å². The Hall–Kier alpha value is -0.900. The molecule has 238 valence electrons. The topological polar surface area (TPSA) is 74.6 Å². The van der Waals surface area contributed by atoms with Crippen LogP contribution in [0.15, 0.2) is 0 Å². The summed E-state index contributed by atoms with van der Waals surface area (Å²) in [6, 6.07) is 0. The van der Waals surface area contributed by atoms with Crippen LogP contribution in [-0.2, 0) is 9.59 Å². The zero-order chi connectivity index (χ0) is 29.2. The van der Waals surface area contributed by atoms with E-state index in [0.29, 0.717) is 18.8 Å². The Morgan fingerprint density at radius 1 is 0.300 bits per heavy atom. The highest BCUT2D eigenvalue weighted by Crippen LogP contribution is 2.16. The highest BCUT2D eigenvalue weighted by molar-refractivity contribution is 5.78. The summed E-state index contributed by atoms with van der Waals surface area (Å²) in [7, 11) is 0. The van der Waals surface area contributed by atoms with Gasteiger partial charge >= 0.3 is 5.97 Å². The lowest BCUT2D eigenvalue weighted by Gasteiger charge is -2.04. The Morgan fingerprint density at radius 2 is 0.500 bits per heavy atom. The third-order valence-corrected chi connectivity index (χ3v) is 8.46. The van der Waals surface area contributed by atoms with Gasteiger partial charge in [-0.15, -0.1) is 0 Å². The average Bonchev–Trinajstić information content (AvgIpc) is 2.94. The number of Topliss-reactive ketones (excluding diaryl/α,β-unsaturated/α-hetero) is 1. The summed E-state index contributed by atoms with van der Waals surface area (Å²) in [5.41, 5.74) is 0. The van der Waals surface area contributed by atoms with Crippen molar-refractivity contribution in [3.63, 3.8) is 0 Å². The van der Waals surface area contributed by atoms with E-state index in [2.05, 4.69) is 0 Å². The number of hydrogen-bond acceptors (Lipinski definition) is 3. The van der Waals surface area contributed by atoms with Crippen LogP contribution in [0.5, 0.6) is 0 Å². The number of aliphatic carboxylic acids is 1. The van der Waals surface area contributed by atoms with Crippen LogP contribution in [0.2, 0.25) is 0 Å². The van der Waals surface area contributed by atoms with Crippen LogP contribution in [0.4, 0.5) is 0 Å². The number of aliphatic hydroxyl groups is 1. The molecule has 0 aromatic heterocycles. The third kappa shape index (κ3) is 35.1. The first kappa shape index (κ1) is 39.1. The molecule has 0 aliphatic carbocycles. The molecule has 4 nitrogen and oxygen atoms in total. The van der Waals surface area contributed by atoms with Crippen molar-refractivity contribution in [2.75, 3.05) is 6.61 Å². The van der Waals surface area contributed by atoms with E-state index in [0.717, 1.165) is 44.9 Å². The zero-order valence-electron chi connectivity index (χ0n) is 26.8. The van der Waals surface area contributed by atoms with Crippen LogP contribution < -0.4 is 0 Å². The number of aliphatic hydroxyl groups excluding tert-OH is 1. The van der Waals surface area contributed by atoms with Gasteiger partial charge in [-0.2, -0.15) is 0 Å². The molecule has 0 aliphatic heterocycles. The molecule has 0 spiro atoms. The van der Waals surface area contributed by atoms with Crippen LogP contribution in [0.3, 0.4) is 0 Å². The fourth-order valence-corrected chi connectivity index (χ4v) is 5.75. The van der Waals surface area contributed by atoms with Crippen molar-refractivity contribution in [1.82, 2.24) is 0 Å². The summed E-state index contributed by atoms with van der Waals surface area (Å²) in [5, 5.41) is 17.4. The second-order valence-electron chi connectivity index (χ2n) is 12.5. The predicted molar refractivity (Wildman–Crippen MR) is 172 cm³/mol. The molecule has 0 atom stereocenters. The predicted octanol–water partition coefficient (Wildman–Crippen LogP) is 11.5. The molecule has 2 N–H and O–H groups in total. The van der Waals surface area contributed by atoms with Crippen LogP contribution in [0.25, 0.3) is 0 Å². The first-order valence-electron chi connectivity index (χ1n) is 18.0. The molecule has 0 radical (unpaired) electrons. The maximum Gasteiger partial charge on any atom is 0.303 e. The Labute approximate surface area is 249 Å². The Bertz CT molecular complexity index is 519. The molecule has 0 aromatic carbocycles. The zero-order valence-corrected chi connectivity index (χ0v) is 26.8. The molecule has 0 heterocycles. The number of carboxylic acid groups (broad SMARTS) is 1. The van der Waals surface area contributed by atoms with Gasteiger partial charge in [-0.05, 0) is 25.7 Å². The first-order chi connectivity index (χ1) is 19.7. The summed E-state index contributed by atoms with van der Waals surface area (Å²) < 4.78 is 0. The molecular weight excluding hydrogens is 496 g/mol. The lowest BCUT2D eigenvalue weighted by Crippen LogP contribution is -1.97. The van der Waals surface area contributed by atoms with Crippen molar-refractivity contribution < 1.29 is 19.8 Å². The van der Waals surface area contributed by atoms with Crippen LogP contribution in [0.1, 0.15) is 212 Å². The maximum absolute atomic E-state index is 12.1. The van der Waals surface area contributed by atoms with Gasteiger partial charge in [0.05, 0.1) is 0 Å². The monoisotopic (exact) mass is 567 g/mol. The van der Waals surface area contributed by atoms with Crippen molar-refractivity contribution >= 4 is 11.8 Å². The van der Waals surface area contributed by atoms with Gasteiger partial charge in [-0.25, -0.2) is 0 Å². The van der Waals surface area contributed by atoms with Gasteiger partial charge in [0.25, 0.3) is 0 Å². The van der Waals surface area contributed by atoms with Crippen molar-refractivity contribution in [3.05, 3.63) is 0 Å². The van der Waals surface area contributed by atoms with Gasteiger partial charge in [0.15, 0.2) is 0 Å². The molecule has 0 bridgehead atoms. The molecule has 0 aliphatic rings. The van der Waals surface area contributed by atoms with E-state index in [1.807, 2.05) is 0 Å². The van der Waals surface area contributed by atoms with E-state index in [9.17, 15) is 9.59 Å². The molecule has 0 fully saturated rings. The third-order valence-electron chi connectivity index (χ3n) is 8.46. The van der Waals surface area contributed by atoms with E-state index in [1.54, 1.807) is 0 Å². The van der Waals surface area contributed by atoms with Gasteiger partial charge in [0.2, 0.25) is 0 Å². The number of hydrogen-bond donors (Lipinski definition) is 2. The summed E-state index contributed by atoms with van der Waals surface area (Å²) in [4.78, 5) is 22.6. The fraction of sp³-hybridized carbons (Fsp3) is 0.944. The van der Waals surface area contributed by atoms with Crippen LogP contribution >= 0.6 is 0 Å². The van der Waals surface area contributed by atoms with E-state index in [-0.39, 0.29) is 0 Å². The molecule has 0 aromatic rings. The molecule has 0 rings (SSSR count). The summed E-state index contributed by atoms with van der Waals surface area (Å²) in [5.74, 6) is -0.170. The van der Waals surface area contributed by atoms with Gasteiger partial charge < -0.3 is 10.2 Å². The smallest absolute Gasteiger partial charge is 0.303 e. The molecule has 0 amide bonds. The van der Waals surface area contributed by atoms with Crippen molar-refractivity contribution in [1.29, 1.82) is 0 Å². The lowest BCUT2D eigenvalue weighted by atomic mass is 10.0. The highest BCUT2D eigenvalue weighted by Gasteiger charge is 2.02. The SMILES string of the molecule is O=C(O)CCCCCCCCCCCCCCCCCC(=O)CCCCCCCCCCCCCCCCCO. The lowest BCUT2D eigenvalue weighted by molar-refractivity contribution is -0.137. The van der Waals surface area contributed by atoms with Crippen LogP contribution in [-0.4, -0.2) is 28.6 Å². The molecule has 0 saturated carbocycles. The standard InChI is InChI=1S/C36H70O4/c37-34-30-26-22-18-14-10-6-2-4-8-12-16-20-24-28-32-35(38)31-27-23-19-15-11-7-3-1-5-9-13-17-21-25-29-33-36(39)40/h37H,1-34H2,(H,39,40). The molecule has 0 saturated heterocycles. The van der Waals surface area contributed by atoms with Crippen molar-refractivity contribution in [3.8, 4) is 0 Å². The average molecular weight is 567 g/mol. The van der Waals surface area contributed by atoms with E-state index in [1.165, 1.54) is 161 Å². The first-order valence-corrected chi connectivity index (χ1v) is 18.0. The minimum Gasteiger partial charge on any atom is -0.481 e. The molecule has 0 unspecified atom stereocenters. The van der Waals surface area contributed by atoms with Crippen molar-refractivity contribution in [2.45, 2.75) is 212 Å². The number of carboxylic acids is 1. The largest absolute Gasteiger partial charge is 0.481 e. The van der Waals surface area contributed by atoms with Gasteiger partial charge in [-0.1, -0.05) is 167 Å². The number of ketones is 1. The minimum atomic E-state index is -0.664. The highest BCUT2D eigenvalue weighted by atomic mass is 16.4. The van der Waals surface area contributed by atoms with Gasteiger partial charge in [0.1, 0.15) is 5.78 Å². The quantitative estimate of drug-likeness (QED) is 0.0748. The Kier molecular flexibility index (Phi) is 33.5. The fourth-order valence-electron chi connectivity index (χ4n) is 5.75. The summed E-state index contributed by atoms with van der Waals surface area (Å²) in [6.07, 6.45) is 40.1. The molecule has 4 heteroatoms. The van der Waals surface area contributed by atoms with E-state index < -0.39 is 5.97 Å². The second-order valence-corrected chi connectivity index (χ2v) is 12.5. The van der Waals surface area contributed by atoms with Crippen LogP contribution in [0, 0.1) is 0 Å². The van der Waals surface area contributed by atoms with E-state index in [4.69, 9.17) is 10.2 Å². The minimum absolute atomic E-state index is 0.328. The van der Waals surface area contributed by atoms with Crippen molar-refractivity contribution in [2.24, 2.45) is 0 Å². The number of carbonyl (C=O) groups is 2. The summed E-state index contributed by atoms with van der Waals surface area (Å²) >= 11 is 0. The Balaban J connectivity index is 3.15. The summed E-state index contributed by atoms with van der Waals surface area (Å²) in [6.45, 7) is 0.352. The van der Waals surface area contributed by atoms with E-state index >= 15 is 0 Å². The Morgan fingerprint density at radius 3 is 0.725 bits per heavy atom. The second kappa shape index (κ2) is 34.3. The van der Waals surface area contributed by atoms with Gasteiger partial charge in [0, 0.05) is 25.9 Å². The normalized spacial score (nSPS) is 11.3. The number of carbonyl (C=O) groups excluding carboxylic acids is 1. The molecule has 40 heavy (non-hydrogen) atoms. The number of unbranched alkanes of at least 4 members (excludes halogenated alkanes) is 28. The molecular formula is C36H70O4. The number of rotatable bonds is 35. The maximum atomic E-state index is 12.1.